The van der Waals surface area contributed by atoms with Gasteiger partial charge in [-0.25, -0.2) is 4.39 Å². The number of rotatable bonds is 6. The van der Waals surface area contributed by atoms with Gasteiger partial charge in [-0.2, -0.15) is 0 Å². The van der Waals surface area contributed by atoms with Crippen molar-refractivity contribution in [2.24, 2.45) is 0 Å². The molecule has 108 valence electrons. The molecular formula is C14H19FN4S. The lowest BCUT2D eigenvalue weighted by Gasteiger charge is -2.24. The minimum absolute atomic E-state index is 0.0209. The number of nitrogens with one attached hydrogen (secondary N) is 1. The summed E-state index contributed by atoms with van der Waals surface area (Å²) in [5.41, 5.74) is 1.60. The van der Waals surface area contributed by atoms with E-state index in [9.17, 15) is 4.39 Å². The Morgan fingerprint density at radius 2 is 2.15 bits per heavy atom. The number of benzene rings is 1. The van der Waals surface area contributed by atoms with Crippen molar-refractivity contribution in [2.75, 3.05) is 18.9 Å². The molecule has 1 heterocycles. The van der Waals surface area contributed by atoms with E-state index in [4.69, 9.17) is 0 Å². The van der Waals surface area contributed by atoms with Gasteiger partial charge in [0.15, 0.2) is 0 Å². The van der Waals surface area contributed by atoms with E-state index in [2.05, 4.69) is 19.8 Å². The highest BCUT2D eigenvalue weighted by Gasteiger charge is 2.18. The molecule has 1 atom stereocenters. The molecule has 1 N–H and O–H groups in total. The summed E-state index contributed by atoms with van der Waals surface area (Å²) in [6.07, 6.45) is 0. The van der Waals surface area contributed by atoms with Crippen LogP contribution in [0.25, 0.3) is 0 Å². The zero-order chi connectivity index (χ0) is 14.5. The first-order chi connectivity index (χ1) is 9.63. The van der Waals surface area contributed by atoms with E-state index in [1.807, 2.05) is 33.0 Å². The molecule has 6 heteroatoms. The maximum absolute atomic E-state index is 13.8. The van der Waals surface area contributed by atoms with Gasteiger partial charge in [0.05, 0.1) is 0 Å². The lowest BCUT2D eigenvalue weighted by Crippen LogP contribution is -2.23. The van der Waals surface area contributed by atoms with Crippen molar-refractivity contribution in [3.8, 4) is 0 Å². The number of aromatic nitrogens is 2. The van der Waals surface area contributed by atoms with Crippen molar-refractivity contribution in [3.05, 3.63) is 41.3 Å². The predicted molar refractivity (Wildman–Crippen MR) is 80.4 cm³/mol. The van der Waals surface area contributed by atoms with E-state index < -0.39 is 0 Å². The SMILES string of the molecule is CCNc1snnc1CN(C)C(C)c1ccccc1F. The highest BCUT2D eigenvalue weighted by atomic mass is 32.1. The maximum atomic E-state index is 13.8. The number of hydrogen-bond donors (Lipinski definition) is 1. The highest BCUT2D eigenvalue weighted by Crippen LogP contribution is 2.25. The van der Waals surface area contributed by atoms with Crippen molar-refractivity contribution in [1.29, 1.82) is 0 Å². The monoisotopic (exact) mass is 294 g/mol. The van der Waals surface area contributed by atoms with Gasteiger partial charge in [0.1, 0.15) is 16.5 Å². The van der Waals surface area contributed by atoms with Crippen LogP contribution in [0.1, 0.15) is 31.1 Å². The molecule has 0 radical (unpaired) electrons. The van der Waals surface area contributed by atoms with Crippen molar-refractivity contribution >= 4 is 16.5 Å². The van der Waals surface area contributed by atoms with Gasteiger partial charge in [0.25, 0.3) is 0 Å². The molecule has 0 saturated heterocycles. The zero-order valence-corrected chi connectivity index (χ0v) is 12.7. The summed E-state index contributed by atoms with van der Waals surface area (Å²) in [6.45, 7) is 5.50. The molecule has 1 aromatic carbocycles. The Labute approximate surface area is 122 Å². The Hall–Kier alpha value is -1.53. The Balaban J connectivity index is 2.09. The zero-order valence-electron chi connectivity index (χ0n) is 11.9. The Morgan fingerprint density at radius 3 is 2.85 bits per heavy atom. The number of anilines is 1. The van der Waals surface area contributed by atoms with Gasteiger partial charge in [0, 0.05) is 36.2 Å². The first kappa shape index (κ1) is 14.9. The van der Waals surface area contributed by atoms with E-state index in [0.717, 1.165) is 17.2 Å². The van der Waals surface area contributed by atoms with Crippen LogP contribution in [0.4, 0.5) is 9.39 Å². The fourth-order valence-electron chi connectivity index (χ4n) is 2.03. The summed E-state index contributed by atoms with van der Waals surface area (Å²) in [6, 6.07) is 6.86. The molecular weight excluding hydrogens is 275 g/mol. The minimum Gasteiger partial charge on any atom is -0.374 e. The van der Waals surface area contributed by atoms with Crippen molar-refractivity contribution in [3.63, 3.8) is 0 Å². The van der Waals surface area contributed by atoms with Crippen LogP contribution >= 0.6 is 11.5 Å². The van der Waals surface area contributed by atoms with Crippen LogP contribution in [0, 0.1) is 5.82 Å². The van der Waals surface area contributed by atoms with Crippen LogP contribution in [0.5, 0.6) is 0 Å². The smallest absolute Gasteiger partial charge is 0.134 e. The molecule has 4 nitrogen and oxygen atoms in total. The summed E-state index contributed by atoms with van der Waals surface area (Å²) >= 11 is 1.35. The van der Waals surface area contributed by atoms with Crippen LogP contribution in [-0.4, -0.2) is 28.1 Å². The molecule has 0 fully saturated rings. The second-order valence-corrected chi connectivity index (χ2v) is 5.45. The average molecular weight is 294 g/mol. The van der Waals surface area contributed by atoms with Crippen molar-refractivity contribution in [1.82, 2.24) is 14.5 Å². The molecule has 0 aliphatic carbocycles. The molecule has 1 unspecified atom stereocenters. The van der Waals surface area contributed by atoms with Gasteiger partial charge < -0.3 is 5.32 Å². The summed E-state index contributed by atoms with van der Waals surface area (Å²) < 4.78 is 17.8. The van der Waals surface area contributed by atoms with Crippen LogP contribution < -0.4 is 5.32 Å². The van der Waals surface area contributed by atoms with E-state index in [0.29, 0.717) is 12.1 Å². The van der Waals surface area contributed by atoms with Crippen molar-refractivity contribution < 1.29 is 4.39 Å². The van der Waals surface area contributed by atoms with Crippen LogP contribution in [0.3, 0.4) is 0 Å². The third kappa shape index (κ3) is 3.32. The Kier molecular flexibility index (Phi) is 5.03. The van der Waals surface area contributed by atoms with Gasteiger partial charge >= 0.3 is 0 Å². The molecule has 0 bridgehead atoms. The number of nitrogens with zero attached hydrogens (tertiary/aromatic N) is 3. The summed E-state index contributed by atoms with van der Waals surface area (Å²) in [7, 11) is 1.96. The molecule has 2 rings (SSSR count). The molecule has 0 amide bonds. The third-order valence-electron chi connectivity index (χ3n) is 3.31. The molecule has 20 heavy (non-hydrogen) atoms. The summed E-state index contributed by atoms with van der Waals surface area (Å²) in [5.74, 6) is -0.171. The maximum Gasteiger partial charge on any atom is 0.134 e. The molecule has 1 aromatic heterocycles. The Bertz CT molecular complexity index is 558. The first-order valence-electron chi connectivity index (χ1n) is 6.63. The average Bonchev–Trinajstić information content (AvgIpc) is 2.86. The quantitative estimate of drug-likeness (QED) is 0.887. The third-order valence-corrected chi connectivity index (χ3v) is 4.03. The second-order valence-electron chi connectivity index (χ2n) is 4.69. The summed E-state index contributed by atoms with van der Waals surface area (Å²) in [5, 5.41) is 8.37. The largest absolute Gasteiger partial charge is 0.374 e. The lowest BCUT2D eigenvalue weighted by molar-refractivity contribution is 0.245. The standard InChI is InChI=1S/C14H19FN4S/c1-4-16-14-13(17-18-20-14)9-19(3)10(2)11-7-5-6-8-12(11)15/h5-8,10,16H,4,9H2,1-3H3. The van der Waals surface area contributed by atoms with Crippen molar-refractivity contribution in [2.45, 2.75) is 26.4 Å². The van der Waals surface area contributed by atoms with E-state index in [1.54, 1.807) is 6.07 Å². The van der Waals surface area contributed by atoms with Gasteiger partial charge in [0.2, 0.25) is 0 Å². The first-order valence-corrected chi connectivity index (χ1v) is 7.40. The Morgan fingerprint density at radius 1 is 1.40 bits per heavy atom. The minimum atomic E-state index is -0.171. The lowest BCUT2D eigenvalue weighted by atomic mass is 10.1. The fourth-order valence-corrected chi connectivity index (χ4v) is 2.67. The predicted octanol–water partition coefficient (Wildman–Crippen LogP) is 3.30. The second kappa shape index (κ2) is 6.76. The van der Waals surface area contributed by atoms with E-state index in [-0.39, 0.29) is 11.9 Å². The van der Waals surface area contributed by atoms with Crippen LogP contribution in [-0.2, 0) is 6.54 Å². The van der Waals surface area contributed by atoms with Gasteiger partial charge in [-0.1, -0.05) is 22.7 Å². The van der Waals surface area contributed by atoms with E-state index in [1.165, 1.54) is 17.6 Å². The molecule has 0 saturated carbocycles. The summed E-state index contributed by atoms with van der Waals surface area (Å²) in [4.78, 5) is 2.07. The fraction of sp³-hybridized carbons (Fsp3) is 0.429. The van der Waals surface area contributed by atoms with E-state index >= 15 is 0 Å². The van der Waals surface area contributed by atoms with Crippen LogP contribution in [0.2, 0.25) is 0 Å². The molecule has 2 aromatic rings. The molecule has 0 aliphatic rings. The highest BCUT2D eigenvalue weighted by molar-refractivity contribution is 7.10. The van der Waals surface area contributed by atoms with Gasteiger partial charge in [-0.3, -0.25) is 4.90 Å². The molecule has 0 aliphatic heterocycles. The van der Waals surface area contributed by atoms with Gasteiger partial charge in [-0.05, 0) is 27.0 Å². The van der Waals surface area contributed by atoms with Crippen LogP contribution in [0.15, 0.2) is 24.3 Å². The normalized spacial score (nSPS) is 12.7. The number of hydrogen-bond acceptors (Lipinski definition) is 5. The molecule has 0 spiro atoms. The van der Waals surface area contributed by atoms with Gasteiger partial charge in [-0.15, -0.1) is 5.10 Å². The topological polar surface area (TPSA) is 41.1 Å². The number of halogens is 1.